The largest absolute Gasteiger partial charge is 0.484 e. The lowest BCUT2D eigenvalue weighted by Gasteiger charge is -2.07. The summed E-state index contributed by atoms with van der Waals surface area (Å²) in [5.74, 6) is 0.579. The van der Waals surface area contributed by atoms with Gasteiger partial charge in [-0.25, -0.2) is 0 Å². The van der Waals surface area contributed by atoms with E-state index in [1.165, 1.54) is 6.21 Å². The first-order valence-electron chi connectivity index (χ1n) is 6.50. The second-order valence-electron chi connectivity index (χ2n) is 4.46. The maximum atomic E-state index is 11.4. The van der Waals surface area contributed by atoms with Gasteiger partial charge in [-0.2, -0.15) is 5.10 Å². The first-order valence-corrected chi connectivity index (χ1v) is 6.50. The number of hydrogen-bond donors (Lipinski definition) is 1. The quantitative estimate of drug-likeness (QED) is 0.496. The molecule has 0 bridgehead atoms. The summed E-state index contributed by atoms with van der Waals surface area (Å²) in [6.07, 6.45) is 1.49. The van der Waals surface area contributed by atoms with Crippen LogP contribution in [0, 0.1) is 12.1 Å². The smallest absolute Gasteiger partial charge is 0.263 e. The molecular weight excluding hydrogens is 304 g/mol. The number of ether oxygens (including phenoxy) is 1. The molecule has 2 heterocycles. The highest BCUT2D eigenvalue weighted by Crippen LogP contribution is 2.17. The number of aromatic nitrogens is 6. The van der Waals surface area contributed by atoms with E-state index in [-0.39, 0.29) is 12.6 Å². The van der Waals surface area contributed by atoms with Gasteiger partial charge < -0.3 is 15.7 Å². The van der Waals surface area contributed by atoms with Gasteiger partial charge in [-0.05, 0) is 27.5 Å². The van der Waals surface area contributed by atoms with Crippen LogP contribution in [0.1, 0.15) is 17.0 Å². The molecule has 23 heavy (non-hydrogen) atoms. The summed E-state index contributed by atoms with van der Waals surface area (Å²) in [6.45, 7) is 1.67. The third-order valence-electron chi connectivity index (χ3n) is 2.96. The first-order chi connectivity index (χ1) is 11.1. The van der Waals surface area contributed by atoms with Crippen LogP contribution >= 0.6 is 0 Å². The summed E-state index contributed by atoms with van der Waals surface area (Å²) in [5, 5.41) is 29.5. The predicted octanol–water partition coefficient (Wildman–Crippen LogP) is -0.354. The van der Waals surface area contributed by atoms with E-state index in [2.05, 4.69) is 30.4 Å². The van der Waals surface area contributed by atoms with Gasteiger partial charge in [-0.3, -0.25) is 4.63 Å². The second-order valence-corrected chi connectivity index (χ2v) is 4.46. The number of benzene rings is 1. The lowest BCUT2D eigenvalue weighted by molar-refractivity contribution is -0.808. The van der Waals surface area contributed by atoms with Crippen LogP contribution in [0.15, 0.2) is 34.0 Å². The fraction of sp³-hybridized carbons (Fsp3) is 0.167. The molecule has 0 saturated carbocycles. The Bertz CT molecular complexity index is 821. The van der Waals surface area contributed by atoms with Crippen molar-refractivity contribution in [3.63, 3.8) is 0 Å². The molecule has 3 rings (SSSR count). The summed E-state index contributed by atoms with van der Waals surface area (Å²) in [7, 11) is 0. The molecule has 11 heteroatoms. The molecule has 0 amide bonds. The monoisotopic (exact) mass is 316 g/mol. The SMILES string of the molecule is Cc1no[n+]([O-])c1COc1ccccc1/C=N/n1nnnc1N. The lowest BCUT2D eigenvalue weighted by Crippen LogP contribution is -2.29. The molecule has 0 fully saturated rings. The fourth-order valence-corrected chi connectivity index (χ4v) is 1.74. The lowest BCUT2D eigenvalue weighted by atomic mass is 10.2. The van der Waals surface area contributed by atoms with Crippen LogP contribution in [0.2, 0.25) is 0 Å². The highest BCUT2D eigenvalue weighted by atomic mass is 16.8. The molecule has 0 aliphatic carbocycles. The molecule has 11 nitrogen and oxygen atoms in total. The maximum Gasteiger partial charge on any atom is 0.263 e. The summed E-state index contributed by atoms with van der Waals surface area (Å²) in [6, 6.07) is 7.13. The van der Waals surface area contributed by atoms with E-state index >= 15 is 0 Å². The van der Waals surface area contributed by atoms with E-state index in [0.29, 0.717) is 27.6 Å². The minimum atomic E-state index is 0.0106. The van der Waals surface area contributed by atoms with Gasteiger partial charge in [-0.15, -0.1) is 0 Å². The van der Waals surface area contributed by atoms with Crippen molar-refractivity contribution in [2.45, 2.75) is 13.5 Å². The number of nitrogen functional groups attached to an aromatic ring is 1. The van der Waals surface area contributed by atoms with E-state index < -0.39 is 0 Å². The van der Waals surface area contributed by atoms with Crippen LogP contribution in [0.5, 0.6) is 5.75 Å². The van der Waals surface area contributed by atoms with E-state index in [1.807, 2.05) is 6.07 Å². The third-order valence-corrected chi connectivity index (χ3v) is 2.96. The molecule has 0 aliphatic heterocycles. The number of nitrogens with zero attached hydrogens (tertiary/aromatic N) is 7. The zero-order valence-electron chi connectivity index (χ0n) is 12.0. The standard InChI is InChI=1S/C12H12N8O3/c1-8-10(20(21)23-16-8)7-22-11-5-3-2-4-9(11)6-14-19-12(13)15-17-18-19/h2-6H,7H2,1H3,(H2,13,15,18)/b14-6+. The Morgan fingerprint density at radius 3 is 3.00 bits per heavy atom. The molecule has 0 atom stereocenters. The van der Waals surface area contributed by atoms with E-state index in [1.54, 1.807) is 25.1 Å². The molecule has 0 radical (unpaired) electrons. The summed E-state index contributed by atoms with van der Waals surface area (Å²) >= 11 is 0. The van der Waals surface area contributed by atoms with Crippen LogP contribution in [0.4, 0.5) is 5.95 Å². The Kier molecular flexibility index (Phi) is 3.82. The van der Waals surface area contributed by atoms with Gasteiger partial charge in [0, 0.05) is 17.6 Å². The van der Waals surface area contributed by atoms with E-state index in [0.717, 1.165) is 4.79 Å². The van der Waals surface area contributed by atoms with Gasteiger partial charge in [0.15, 0.2) is 6.61 Å². The number of anilines is 1. The number of nitrogens with two attached hydrogens (primary N) is 1. The third kappa shape index (κ3) is 3.07. The number of tetrazole rings is 1. The van der Waals surface area contributed by atoms with Crippen molar-refractivity contribution >= 4 is 12.2 Å². The Labute approximate surface area is 129 Å². The molecule has 2 aromatic heterocycles. The molecule has 0 aliphatic rings. The summed E-state index contributed by atoms with van der Waals surface area (Å²) in [4.78, 5) is 1.39. The number of aryl methyl sites for hydroxylation is 1. The fourth-order valence-electron chi connectivity index (χ4n) is 1.74. The summed E-state index contributed by atoms with van der Waals surface area (Å²) < 4.78 is 10.1. The van der Waals surface area contributed by atoms with Crippen molar-refractivity contribution in [2.75, 3.05) is 5.73 Å². The molecule has 1 aromatic carbocycles. The first kappa shape index (κ1) is 14.4. The molecule has 0 spiro atoms. The zero-order chi connectivity index (χ0) is 16.2. The van der Waals surface area contributed by atoms with Gasteiger partial charge in [0.2, 0.25) is 11.4 Å². The van der Waals surface area contributed by atoms with Crippen LogP contribution in [0.3, 0.4) is 0 Å². The Hall–Kier alpha value is -3.50. The highest BCUT2D eigenvalue weighted by molar-refractivity contribution is 5.83. The van der Waals surface area contributed by atoms with Crippen molar-refractivity contribution in [3.8, 4) is 5.75 Å². The summed E-state index contributed by atoms with van der Waals surface area (Å²) in [5.41, 5.74) is 6.95. The van der Waals surface area contributed by atoms with Gasteiger partial charge in [0.1, 0.15) is 5.75 Å². The van der Waals surface area contributed by atoms with Crippen molar-refractivity contribution in [2.24, 2.45) is 5.10 Å². The Morgan fingerprint density at radius 2 is 2.30 bits per heavy atom. The minimum Gasteiger partial charge on any atom is -0.484 e. The predicted molar refractivity (Wildman–Crippen MR) is 76.2 cm³/mol. The highest BCUT2D eigenvalue weighted by Gasteiger charge is 2.15. The van der Waals surface area contributed by atoms with E-state index in [9.17, 15) is 5.21 Å². The van der Waals surface area contributed by atoms with Crippen molar-refractivity contribution in [1.82, 2.24) is 25.5 Å². The van der Waals surface area contributed by atoms with Crippen molar-refractivity contribution < 1.29 is 14.3 Å². The second kappa shape index (κ2) is 6.09. The van der Waals surface area contributed by atoms with Gasteiger partial charge in [0.05, 0.1) is 6.21 Å². The van der Waals surface area contributed by atoms with Crippen LogP contribution in [-0.2, 0) is 6.61 Å². The Morgan fingerprint density at radius 1 is 1.48 bits per heavy atom. The minimum absolute atomic E-state index is 0.0106. The van der Waals surface area contributed by atoms with Gasteiger partial charge in [-0.1, -0.05) is 22.0 Å². The van der Waals surface area contributed by atoms with Crippen LogP contribution in [-0.4, -0.2) is 31.7 Å². The van der Waals surface area contributed by atoms with Gasteiger partial charge in [0.25, 0.3) is 5.95 Å². The topological polar surface area (TPSA) is 144 Å². The van der Waals surface area contributed by atoms with Crippen molar-refractivity contribution in [1.29, 1.82) is 0 Å². The molecule has 3 aromatic rings. The molecule has 0 unspecified atom stereocenters. The Balaban J connectivity index is 1.78. The zero-order valence-corrected chi connectivity index (χ0v) is 12.0. The van der Waals surface area contributed by atoms with Gasteiger partial charge >= 0.3 is 0 Å². The molecule has 2 N–H and O–H groups in total. The molecule has 0 saturated heterocycles. The number of rotatable bonds is 5. The maximum absolute atomic E-state index is 11.4. The number of hydrogen-bond acceptors (Lipinski definition) is 9. The van der Waals surface area contributed by atoms with Crippen molar-refractivity contribution in [3.05, 3.63) is 46.4 Å². The molecule has 118 valence electrons. The average Bonchev–Trinajstić information content (AvgIpc) is 3.10. The average molecular weight is 316 g/mol. The van der Waals surface area contributed by atoms with Crippen LogP contribution in [0.25, 0.3) is 0 Å². The van der Waals surface area contributed by atoms with E-state index in [4.69, 9.17) is 10.5 Å². The van der Waals surface area contributed by atoms with Crippen LogP contribution < -0.4 is 15.4 Å². The molecular formula is C12H12N8O3. The normalized spacial score (nSPS) is 11.2. The number of para-hydroxylation sites is 1.